The van der Waals surface area contributed by atoms with Gasteiger partial charge in [0.1, 0.15) is 0 Å². The van der Waals surface area contributed by atoms with E-state index in [1.807, 2.05) is 27.7 Å². The minimum absolute atomic E-state index is 0.0613. The fraction of sp³-hybridized carbons (Fsp3) is 0.667. The summed E-state index contributed by atoms with van der Waals surface area (Å²) in [6.07, 6.45) is 3.34. The molecule has 17 heavy (non-hydrogen) atoms. The lowest BCUT2D eigenvalue weighted by molar-refractivity contribution is 0.449. The normalized spacial score (nSPS) is 11.9. The summed E-state index contributed by atoms with van der Waals surface area (Å²) in [4.78, 5) is 16.1. The minimum Gasteiger partial charge on any atom is -0.365 e. The number of alkyl halides is 1. The number of nitrogens with one attached hydrogen (secondary N) is 1. The van der Waals surface area contributed by atoms with Gasteiger partial charge in [-0.2, -0.15) is 0 Å². The van der Waals surface area contributed by atoms with E-state index >= 15 is 0 Å². The smallest absolute Gasteiger partial charge is 0.293 e. The molecule has 0 amide bonds. The van der Waals surface area contributed by atoms with Gasteiger partial charge in [0.15, 0.2) is 5.82 Å². The summed E-state index contributed by atoms with van der Waals surface area (Å²) in [7, 11) is 0. The minimum atomic E-state index is -0.0899. The van der Waals surface area contributed by atoms with Crippen molar-refractivity contribution in [3.63, 3.8) is 0 Å². The second kappa shape index (κ2) is 5.54. The lowest BCUT2D eigenvalue weighted by atomic mass is 9.97. The largest absolute Gasteiger partial charge is 0.365 e. The molecule has 0 saturated heterocycles. The van der Waals surface area contributed by atoms with E-state index in [4.69, 9.17) is 11.6 Å². The topological polar surface area (TPSA) is 46.9 Å². The maximum absolute atomic E-state index is 12.0. The van der Waals surface area contributed by atoms with Gasteiger partial charge in [-0.15, -0.1) is 11.6 Å². The van der Waals surface area contributed by atoms with Crippen molar-refractivity contribution in [3.8, 4) is 0 Å². The van der Waals surface area contributed by atoms with Crippen LogP contribution in [0.15, 0.2) is 17.2 Å². The first-order valence-corrected chi connectivity index (χ1v) is 6.28. The number of hydrogen-bond donors (Lipinski definition) is 1. The maximum Gasteiger partial charge on any atom is 0.293 e. The van der Waals surface area contributed by atoms with Gasteiger partial charge in [-0.25, -0.2) is 4.98 Å². The maximum atomic E-state index is 12.0. The van der Waals surface area contributed by atoms with Crippen LogP contribution in [-0.2, 0) is 0 Å². The molecule has 1 heterocycles. The van der Waals surface area contributed by atoms with E-state index in [0.29, 0.717) is 18.2 Å². The average molecular weight is 258 g/mol. The van der Waals surface area contributed by atoms with Crippen molar-refractivity contribution in [3.05, 3.63) is 22.7 Å². The van der Waals surface area contributed by atoms with Crippen molar-refractivity contribution in [2.45, 2.75) is 33.7 Å². The number of aromatic nitrogens is 2. The molecule has 5 heteroatoms. The second-order valence-electron chi connectivity index (χ2n) is 5.23. The van der Waals surface area contributed by atoms with Gasteiger partial charge in [0.25, 0.3) is 5.56 Å². The van der Waals surface area contributed by atoms with Crippen LogP contribution in [0.4, 0.5) is 5.82 Å². The summed E-state index contributed by atoms with van der Waals surface area (Å²) >= 11 is 5.84. The number of halogens is 1. The monoisotopic (exact) mass is 257 g/mol. The standard InChI is InChI=1S/C12H20ClN3O/c1-9(2)16-6-5-14-10(11(16)17)15-8-12(3,4)7-13/h5-6,9H,7-8H2,1-4H3,(H,14,15). The molecule has 4 nitrogen and oxygen atoms in total. The van der Waals surface area contributed by atoms with Crippen molar-refractivity contribution < 1.29 is 0 Å². The van der Waals surface area contributed by atoms with Crippen molar-refractivity contribution in [2.75, 3.05) is 17.7 Å². The Morgan fingerprint density at radius 3 is 2.71 bits per heavy atom. The van der Waals surface area contributed by atoms with Crippen LogP contribution in [0.25, 0.3) is 0 Å². The molecular weight excluding hydrogens is 238 g/mol. The molecule has 0 atom stereocenters. The van der Waals surface area contributed by atoms with Crippen molar-refractivity contribution >= 4 is 17.4 Å². The molecule has 0 bridgehead atoms. The van der Waals surface area contributed by atoms with Crippen LogP contribution in [-0.4, -0.2) is 22.0 Å². The molecular formula is C12H20ClN3O. The lowest BCUT2D eigenvalue weighted by Crippen LogP contribution is -2.30. The Hall–Kier alpha value is -1.03. The summed E-state index contributed by atoms with van der Waals surface area (Å²) in [6, 6.07) is 0.132. The van der Waals surface area contributed by atoms with E-state index in [1.54, 1.807) is 17.0 Å². The Morgan fingerprint density at radius 1 is 1.53 bits per heavy atom. The zero-order valence-corrected chi connectivity index (χ0v) is 11.6. The van der Waals surface area contributed by atoms with Gasteiger partial charge < -0.3 is 9.88 Å². The van der Waals surface area contributed by atoms with Gasteiger partial charge in [0, 0.05) is 30.9 Å². The Labute approximate surface area is 107 Å². The van der Waals surface area contributed by atoms with Crippen LogP contribution >= 0.6 is 11.6 Å². The third kappa shape index (κ3) is 3.73. The van der Waals surface area contributed by atoms with Crippen LogP contribution in [0.5, 0.6) is 0 Å². The van der Waals surface area contributed by atoms with Gasteiger partial charge >= 0.3 is 0 Å². The Kier molecular flexibility index (Phi) is 4.57. The summed E-state index contributed by atoms with van der Waals surface area (Å²) in [5, 5.41) is 3.07. The third-order valence-electron chi connectivity index (χ3n) is 2.52. The first kappa shape index (κ1) is 14.0. The Bertz CT molecular complexity index is 426. The van der Waals surface area contributed by atoms with Crippen LogP contribution in [0.1, 0.15) is 33.7 Å². The van der Waals surface area contributed by atoms with Crippen molar-refractivity contribution in [1.82, 2.24) is 9.55 Å². The molecule has 0 aromatic carbocycles. The highest BCUT2D eigenvalue weighted by Gasteiger charge is 2.17. The average Bonchev–Trinajstić information content (AvgIpc) is 2.27. The van der Waals surface area contributed by atoms with E-state index in [1.165, 1.54) is 0 Å². The van der Waals surface area contributed by atoms with Crippen molar-refractivity contribution in [1.29, 1.82) is 0 Å². The first-order valence-electron chi connectivity index (χ1n) is 5.74. The van der Waals surface area contributed by atoms with Gasteiger partial charge in [0.05, 0.1) is 0 Å². The molecule has 0 unspecified atom stereocenters. The van der Waals surface area contributed by atoms with E-state index in [-0.39, 0.29) is 17.0 Å². The summed E-state index contributed by atoms with van der Waals surface area (Å²) < 4.78 is 1.66. The highest BCUT2D eigenvalue weighted by atomic mass is 35.5. The van der Waals surface area contributed by atoms with Gasteiger partial charge in [-0.3, -0.25) is 4.79 Å². The summed E-state index contributed by atoms with van der Waals surface area (Å²) in [5.74, 6) is 0.921. The molecule has 1 aromatic heterocycles. The number of anilines is 1. The molecule has 96 valence electrons. The third-order valence-corrected chi connectivity index (χ3v) is 3.24. The molecule has 0 spiro atoms. The van der Waals surface area contributed by atoms with Crippen LogP contribution in [0, 0.1) is 5.41 Å². The van der Waals surface area contributed by atoms with E-state index in [0.717, 1.165) is 0 Å². The number of rotatable bonds is 5. The zero-order valence-electron chi connectivity index (χ0n) is 10.8. The molecule has 0 aliphatic carbocycles. The summed E-state index contributed by atoms with van der Waals surface area (Å²) in [6.45, 7) is 8.64. The molecule has 1 aromatic rings. The highest BCUT2D eigenvalue weighted by Crippen LogP contribution is 2.16. The fourth-order valence-electron chi connectivity index (χ4n) is 1.32. The van der Waals surface area contributed by atoms with E-state index in [2.05, 4.69) is 10.3 Å². The SMILES string of the molecule is CC(C)n1ccnc(NCC(C)(C)CCl)c1=O. The quantitative estimate of drug-likeness (QED) is 0.825. The Balaban J connectivity index is 2.86. The van der Waals surface area contributed by atoms with Crippen LogP contribution in [0.2, 0.25) is 0 Å². The van der Waals surface area contributed by atoms with Crippen LogP contribution in [0.3, 0.4) is 0 Å². The fourth-order valence-corrected chi connectivity index (χ4v) is 1.42. The van der Waals surface area contributed by atoms with E-state index < -0.39 is 0 Å². The lowest BCUT2D eigenvalue weighted by Gasteiger charge is -2.22. The second-order valence-corrected chi connectivity index (χ2v) is 5.50. The van der Waals surface area contributed by atoms with Gasteiger partial charge in [-0.05, 0) is 19.3 Å². The first-order chi connectivity index (χ1) is 7.87. The molecule has 0 saturated carbocycles. The molecule has 0 radical (unpaired) electrons. The van der Waals surface area contributed by atoms with Crippen LogP contribution < -0.4 is 10.9 Å². The number of nitrogens with zero attached hydrogens (tertiary/aromatic N) is 2. The molecule has 0 aliphatic heterocycles. The molecule has 0 fully saturated rings. The molecule has 1 N–H and O–H groups in total. The van der Waals surface area contributed by atoms with Crippen molar-refractivity contribution in [2.24, 2.45) is 5.41 Å². The highest BCUT2D eigenvalue weighted by molar-refractivity contribution is 6.18. The number of hydrogen-bond acceptors (Lipinski definition) is 3. The van der Waals surface area contributed by atoms with E-state index in [9.17, 15) is 4.79 Å². The zero-order chi connectivity index (χ0) is 13.1. The summed E-state index contributed by atoms with van der Waals surface area (Å²) in [5.41, 5.74) is -0.151. The molecule has 0 aliphatic rings. The predicted molar refractivity (Wildman–Crippen MR) is 71.9 cm³/mol. The predicted octanol–water partition coefficient (Wildman–Crippen LogP) is 2.50. The van der Waals surface area contributed by atoms with Gasteiger partial charge in [-0.1, -0.05) is 13.8 Å². The van der Waals surface area contributed by atoms with Gasteiger partial charge in [0.2, 0.25) is 0 Å². The molecule has 1 rings (SSSR count). The Morgan fingerprint density at radius 2 is 2.18 bits per heavy atom.